The van der Waals surface area contributed by atoms with E-state index >= 15 is 0 Å². The molecule has 4 heteroatoms. The van der Waals surface area contributed by atoms with E-state index in [0.717, 1.165) is 0 Å². The van der Waals surface area contributed by atoms with Gasteiger partial charge in [0.05, 0.1) is 18.2 Å². The van der Waals surface area contributed by atoms with Crippen molar-refractivity contribution >= 4 is 0 Å². The van der Waals surface area contributed by atoms with Gasteiger partial charge in [-0.3, -0.25) is 0 Å². The molecule has 0 saturated carbocycles. The van der Waals surface area contributed by atoms with Crippen LogP contribution in [-0.2, 0) is 4.74 Å². The van der Waals surface area contributed by atoms with Gasteiger partial charge in [0.15, 0.2) is 0 Å². The Hall–Kier alpha value is -0.160. The zero-order valence-corrected chi connectivity index (χ0v) is 6.82. The number of aliphatic hydroxyl groups excluding tert-OH is 2. The molecule has 4 unspecified atom stereocenters. The van der Waals surface area contributed by atoms with Crippen LogP contribution in [0.15, 0.2) is 0 Å². The minimum atomic E-state index is -0.775. The lowest BCUT2D eigenvalue weighted by atomic mass is 9.91. The van der Waals surface area contributed by atoms with Crippen molar-refractivity contribution in [2.24, 2.45) is 5.73 Å². The molecular formula is C7H15NO3. The van der Waals surface area contributed by atoms with Crippen LogP contribution in [0.1, 0.15) is 13.8 Å². The van der Waals surface area contributed by atoms with Gasteiger partial charge in [-0.1, -0.05) is 0 Å². The van der Waals surface area contributed by atoms with Crippen LogP contribution < -0.4 is 5.73 Å². The SMILES string of the molecule is CC1OC(CO)C(O)C1(C)N. The number of hydrogen-bond donors (Lipinski definition) is 3. The van der Waals surface area contributed by atoms with Gasteiger partial charge in [-0.05, 0) is 13.8 Å². The van der Waals surface area contributed by atoms with Gasteiger partial charge in [0.25, 0.3) is 0 Å². The van der Waals surface area contributed by atoms with Crippen molar-refractivity contribution in [2.75, 3.05) is 6.61 Å². The highest BCUT2D eigenvalue weighted by molar-refractivity contribution is 5.02. The maximum Gasteiger partial charge on any atom is 0.109 e. The molecule has 1 rings (SSSR count). The highest BCUT2D eigenvalue weighted by Gasteiger charge is 2.47. The lowest BCUT2D eigenvalue weighted by Crippen LogP contribution is -2.52. The fraction of sp³-hybridized carbons (Fsp3) is 1.00. The van der Waals surface area contributed by atoms with Crippen molar-refractivity contribution in [3.63, 3.8) is 0 Å². The molecule has 4 atom stereocenters. The molecule has 0 bridgehead atoms. The molecule has 4 N–H and O–H groups in total. The third-order valence-electron chi connectivity index (χ3n) is 2.42. The number of hydrogen-bond acceptors (Lipinski definition) is 4. The molecule has 0 aromatic carbocycles. The molecule has 1 heterocycles. The number of aliphatic hydroxyl groups is 2. The van der Waals surface area contributed by atoms with Gasteiger partial charge in [-0.2, -0.15) is 0 Å². The summed E-state index contributed by atoms with van der Waals surface area (Å²) in [5.74, 6) is 0. The summed E-state index contributed by atoms with van der Waals surface area (Å²) in [6.45, 7) is 3.33. The molecule has 1 fully saturated rings. The zero-order chi connectivity index (χ0) is 8.65. The van der Waals surface area contributed by atoms with Crippen LogP contribution in [0.25, 0.3) is 0 Å². The average molecular weight is 161 g/mol. The second kappa shape index (κ2) is 2.71. The van der Waals surface area contributed by atoms with Crippen LogP contribution in [0.5, 0.6) is 0 Å². The molecule has 4 nitrogen and oxygen atoms in total. The van der Waals surface area contributed by atoms with Gasteiger partial charge in [-0.15, -0.1) is 0 Å². The van der Waals surface area contributed by atoms with Gasteiger partial charge in [-0.25, -0.2) is 0 Å². The lowest BCUT2D eigenvalue weighted by molar-refractivity contribution is -0.0171. The topological polar surface area (TPSA) is 75.7 Å². The Morgan fingerprint density at radius 3 is 2.36 bits per heavy atom. The Balaban J connectivity index is 2.71. The monoisotopic (exact) mass is 161 g/mol. The van der Waals surface area contributed by atoms with Crippen molar-refractivity contribution in [3.05, 3.63) is 0 Å². The predicted octanol–water partition coefficient (Wildman–Crippen LogP) is -1.16. The summed E-state index contributed by atoms with van der Waals surface area (Å²) in [6, 6.07) is 0. The number of rotatable bonds is 1. The van der Waals surface area contributed by atoms with Crippen LogP contribution in [0.3, 0.4) is 0 Å². The Morgan fingerprint density at radius 1 is 1.64 bits per heavy atom. The molecule has 1 aliphatic heterocycles. The number of nitrogens with two attached hydrogens (primary N) is 1. The van der Waals surface area contributed by atoms with Crippen molar-refractivity contribution in [3.8, 4) is 0 Å². The first kappa shape index (κ1) is 8.93. The van der Waals surface area contributed by atoms with Gasteiger partial charge < -0.3 is 20.7 Å². The maximum atomic E-state index is 9.48. The molecule has 0 aromatic rings. The minimum absolute atomic E-state index is 0.182. The molecular weight excluding hydrogens is 146 g/mol. The fourth-order valence-electron chi connectivity index (χ4n) is 1.27. The van der Waals surface area contributed by atoms with E-state index in [9.17, 15) is 5.11 Å². The van der Waals surface area contributed by atoms with E-state index < -0.39 is 17.7 Å². The van der Waals surface area contributed by atoms with E-state index in [1.807, 2.05) is 0 Å². The third-order valence-corrected chi connectivity index (χ3v) is 2.42. The van der Waals surface area contributed by atoms with Crippen molar-refractivity contribution < 1.29 is 14.9 Å². The number of ether oxygens (including phenoxy) is 1. The van der Waals surface area contributed by atoms with E-state index in [1.54, 1.807) is 13.8 Å². The van der Waals surface area contributed by atoms with Gasteiger partial charge in [0.2, 0.25) is 0 Å². The van der Waals surface area contributed by atoms with E-state index in [2.05, 4.69) is 0 Å². The molecule has 0 aliphatic carbocycles. The van der Waals surface area contributed by atoms with E-state index in [-0.39, 0.29) is 12.7 Å². The average Bonchev–Trinajstić information content (AvgIpc) is 2.14. The Morgan fingerprint density at radius 2 is 2.18 bits per heavy atom. The van der Waals surface area contributed by atoms with Crippen LogP contribution in [0.2, 0.25) is 0 Å². The summed E-state index contributed by atoms with van der Waals surface area (Å²) in [4.78, 5) is 0. The second-order valence-corrected chi connectivity index (χ2v) is 3.31. The normalized spacial score (nSPS) is 51.5. The van der Waals surface area contributed by atoms with E-state index in [0.29, 0.717) is 0 Å². The van der Waals surface area contributed by atoms with Crippen LogP contribution in [0.4, 0.5) is 0 Å². The highest BCUT2D eigenvalue weighted by atomic mass is 16.5. The molecule has 1 aliphatic rings. The molecule has 1 saturated heterocycles. The molecule has 0 spiro atoms. The highest BCUT2D eigenvalue weighted by Crippen LogP contribution is 2.27. The smallest absolute Gasteiger partial charge is 0.109 e. The largest absolute Gasteiger partial charge is 0.394 e. The first-order valence-corrected chi connectivity index (χ1v) is 3.73. The van der Waals surface area contributed by atoms with Gasteiger partial charge in [0, 0.05) is 0 Å². The van der Waals surface area contributed by atoms with Crippen molar-refractivity contribution in [1.29, 1.82) is 0 Å². The Labute approximate surface area is 66.0 Å². The van der Waals surface area contributed by atoms with Gasteiger partial charge >= 0.3 is 0 Å². The summed E-state index contributed by atoms with van der Waals surface area (Å²) in [6.07, 6.45) is -1.52. The van der Waals surface area contributed by atoms with Crippen LogP contribution in [0, 0.1) is 0 Å². The van der Waals surface area contributed by atoms with Crippen molar-refractivity contribution in [2.45, 2.75) is 37.7 Å². The first-order valence-electron chi connectivity index (χ1n) is 3.73. The molecule has 11 heavy (non-hydrogen) atoms. The third kappa shape index (κ3) is 1.27. The summed E-state index contributed by atoms with van der Waals surface area (Å²) in [5, 5.41) is 18.2. The molecule has 0 aromatic heterocycles. The second-order valence-electron chi connectivity index (χ2n) is 3.31. The van der Waals surface area contributed by atoms with Gasteiger partial charge in [0.1, 0.15) is 12.2 Å². The summed E-state index contributed by atoms with van der Waals surface area (Å²) < 4.78 is 5.21. The van der Waals surface area contributed by atoms with E-state index in [4.69, 9.17) is 15.6 Å². The Bertz CT molecular complexity index is 149. The minimum Gasteiger partial charge on any atom is -0.394 e. The molecule has 0 radical (unpaired) electrons. The quantitative estimate of drug-likeness (QED) is 0.453. The standard InChI is InChI=1S/C7H15NO3/c1-4-7(2,8)6(10)5(3-9)11-4/h4-6,9-10H,3,8H2,1-2H3. The molecule has 66 valence electrons. The lowest BCUT2D eigenvalue weighted by Gasteiger charge is -2.25. The summed E-state index contributed by atoms with van der Waals surface area (Å²) in [7, 11) is 0. The van der Waals surface area contributed by atoms with E-state index in [1.165, 1.54) is 0 Å². The van der Waals surface area contributed by atoms with Crippen LogP contribution in [-0.4, -0.2) is 40.7 Å². The van der Waals surface area contributed by atoms with Crippen molar-refractivity contribution in [1.82, 2.24) is 0 Å². The van der Waals surface area contributed by atoms with Crippen LogP contribution >= 0.6 is 0 Å². The Kier molecular flexibility index (Phi) is 2.20. The predicted molar refractivity (Wildman–Crippen MR) is 40.0 cm³/mol. The first-order chi connectivity index (χ1) is 5.00. The maximum absolute atomic E-state index is 9.48. The zero-order valence-electron chi connectivity index (χ0n) is 6.82. The molecule has 0 amide bonds. The summed E-state index contributed by atoms with van der Waals surface area (Å²) in [5.41, 5.74) is 5.00. The summed E-state index contributed by atoms with van der Waals surface area (Å²) >= 11 is 0. The fourth-order valence-corrected chi connectivity index (χ4v) is 1.27.